The number of hydrogen-bond acceptors (Lipinski definition) is 11. The van der Waals surface area contributed by atoms with Gasteiger partial charge in [0.15, 0.2) is 0 Å². The number of halogens is 3. The molecule has 0 saturated carbocycles. The van der Waals surface area contributed by atoms with Crippen LogP contribution in [0.2, 0.25) is 0 Å². The van der Waals surface area contributed by atoms with Gasteiger partial charge in [0, 0.05) is 40.8 Å². The molecule has 0 aromatic heterocycles. The number of sulfonamides is 1. The zero-order valence-corrected chi connectivity index (χ0v) is 43.3. The second-order valence-corrected chi connectivity index (χ2v) is 21.0. The molecular formula is C49H74F3N7O10S. The summed E-state index contributed by atoms with van der Waals surface area (Å²) in [6.07, 6.45) is -5.80. The number of likely N-dealkylation sites (N-methyl/N-ethyl adjacent to an activating group) is 2. The number of nitrogens with zero attached hydrogens (tertiary/aromatic N) is 3. The number of hydrogen-bond donors (Lipinski definition) is 4. The summed E-state index contributed by atoms with van der Waals surface area (Å²) in [5, 5.41) is 7.43. The number of amides is 6. The third-order valence-electron chi connectivity index (χ3n) is 12.7. The summed E-state index contributed by atoms with van der Waals surface area (Å²) in [4.78, 5) is 86.2. The first-order chi connectivity index (χ1) is 32.6. The number of rotatable bonds is 25. The van der Waals surface area contributed by atoms with Crippen molar-refractivity contribution in [3.8, 4) is 0 Å². The number of carbonyl (C=O) groups excluding carboxylic acids is 6. The molecule has 8 atom stereocenters. The summed E-state index contributed by atoms with van der Waals surface area (Å²) >= 11 is 0. The van der Waals surface area contributed by atoms with Gasteiger partial charge >= 0.3 is 12.1 Å². The van der Waals surface area contributed by atoms with E-state index in [1.807, 2.05) is 65.3 Å². The molecule has 4 N–H and O–H groups in total. The highest BCUT2D eigenvalue weighted by molar-refractivity contribution is 7.89. The summed E-state index contributed by atoms with van der Waals surface area (Å²) in [6.45, 7) is 12.9. The van der Waals surface area contributed by atoms with Crippen molar-refractivity contribution >= 4 is 45.5 Å². The van der Waals surface area contributed by atoms with E-state index in [4.69, 9.17) is 9.47 Å². The normalized spacial score (nSPS) is 17.4. The SMILES string of the molecule is CO[C@H]([C@@H](C)C(=O)N[C@@H](Cc1ccccc1)C(=O)NS(=O)(=O)Cc1ccc(CNC(=O)C(F)(F)F)cc1)[C@@H]1CCCN1C(=O)C[C@@H](OC)[C@H](C(C)C)N(C)C(=O)[C@@H](NC(=O)C(C(C)C)N(C)C)C(C)C. The number of ether oxygens (including phenoxy) is 2. The van der Waals surface area contributed by atoms with E-state index in [9.17, 15) is 50.4 Å². The lowest BCUT2D eigenvalue weighted by molar-refractivity contribution is -0.173. The molecule has 1 fully saturated rings. The maximum absolute atomic E-state index is 14.3. The predicted molar refractivity (Wildman–Crippen MR) is 258 cm³/mol. The second kappa shape index (κ2) is 26.4. The van der Waals surface area contributed by atoms with Crippen molar-refractivity contribution in [1.82, 2.24) is 35.4 Å². The molecule has 1 heterocycles. The van der Waals surface area contributed by atoms with Gasteiger partial charge in [0.05, 0.1) is 48.4 Å². The molecule has 0 bridgehead atoms. The van der Waals surface area contributed by atoms with Crippen LogP contribution in [0, 0.1) is 23.7 Å². The Morgan fingerprint density at radius 3 is 1.89 bits per heavy atom. The third-order valence-corrected chi connectivity index (χ3v) is 13.9. The van der Waals surface area contributed by atoms with Crippen LogP contribution >= 0.6 is 0 Å². The van der Waals surface area contributed by atoms with Gasteiger partial charge in [-0.1, -0.05) is 103 Å². The number of benzene rings is 2. The Hall–Kier alpha value is -5.12. The van der Waals surface area contributed by atoms with Crippen LogP contribution in [0.3, 0.4) is 0 Å². The first-order valence-corrected chi connectivity index (χ1v) is 25.2. The van der Waals surface area contributed by atoms with Gasteiger partial charge in [-0.2, -0.15) is 13.2 Å². The van der Waals surface area contributed by atoms with Crippen LogP contribution in [0.25, 0.3) is 0 Å². The van der Waals surface area contributed by atoms with Gasteiger partial charge in [0.2, 0.25) is 33.7 Å². The Morgan fingerprint density at radius 2 is 1.37 bits per heavy atom. The molecule has 0 radical (unpaired) electrons. The summed E-state index contributed by atoms with van der Waals surface area (Å²) in [7, 11) is 3.79. The van der Waals surface area contributed by atoms with E-state index >= 15 is 0 Å². The average Bonchev–Trinajstić information content (AvgIpc) is 3.76. The summed E-state index contributed by atoms with van der Waals surface area (Å²) < 4.78 is 78.3. The lowest BCUT2D eigenvalue weighted by Gasteiger charge is -2.40. The highest BCUT2D eigenvalue weighted by atomic mass is 32.2. The van der Waals surface area contributed by atoms with E-state index in [0.29, 0.717) is 24.9 Å². The Labute approximate surface area is 411 Å². The average molecular weight is 1010 g/mol. The van der Waals surface area contributed by atoms with Crippen molar-refractivity contribution in [2.75, 3.05) is 41.9 Å². The fourth-order valence-corrected chi connectivity index (χ4v) is 10.3. The number of likely N-dealkylation sites (tertiary alicyclic amines) is 1. The summed E-state index contributed by atoms with van der Waals surface area (Å²) in [5.74, 6) is -6.73. The van der Waals surface area contributed by atoms with Gasteiger partial charge < -0.3 is 35.2 Å². The molecule has 1 aliphatic heterocycles. The van der Waals surface area contributed by atoms with Crippen LogP contribution in [0.5, 0.6) is 0 Å². The topological polar surface area (TPSA) is 213 Å². The van der Waals surface area contributed by atoms with E-state index < -0.39 is 94.6 Å². The Morgan fingerprint density at radius 1 is 0.771 bits per heavy atom. The zero-order chi connectivity index (χ0) is 52.8. The Balaban J connectivity index is 1.78. The molecule has 2 aromatic carbocycles. The largest absolute Gasteiger partial charge is 0.471 e. The van der Waals surface area contributed by atoms with Gasteiger partial charge in [-0.05, 0) is 61.4 Å². The lowest BCUT2D eigenvalue weighted by Crippen LogP contribution is -2.59. The first kappa shape index (κ1) is 59.2. The van der Waals surface area contributed by atoms with Crippen molar-refractivity contribution in [2.24, 2.45) is 23.7 Å². The minimum absolute atomic E-state index is 0.0129. The molecule has 1 saturated heterocycles. The first-order valence-electron chi connectivity index (χ1n) is 23.5. The maximum atomic E-state index is 14.3. The van der Waals surface area contributed by atoms with Crippen LogP contribution < -0.4 is 20.7 Å². The molecule has 0 spiro atoms. The molecule has 21 heteroatoms. The highest BCUT2D eigenvalue weighted by Crippen LogP contribution is 2.29. The molecule has 1 aliphatic rings. The number of carbonyl (C=O) groups is 6. The predicted octanol–water partition coefficient (Wildman–Crippen LogP) is 3.80. The van der Waals surface area contributed by atoms with Crippen molar-refractivity contribution in [3.63, 3.8) is 0 Å². The van der Waals surface area contributed by atoms with Gasteiger partial charge in [-0.25, -0.2) is 8.42 Å². The molecule has 3 rings (SSSR count). The third kappa shape index (κ3) is 16.8. The molecular weight excluding hydrogens is 936 g/mol. The Bertz CT molecular complexity index is 2170. The van der Waals surface area contributed by atoms with Gasteiger partial charge in [-0.3, -0.25) is 38.4 Å². The van der Waals surface area contributed by atoms with E-state index in [2.05, 4.69) is 10.6 Å². The molecule has 2 aromatic rings. The smallest absolute Gasteiger partial charge is 0.379 e. The van der Waals surface area contributed by atoms with E-state index in [0.717, 1.165) is 0 Å². The minimum Gasteiger partial charge on any atom is -0.379 e. The minimum atomic E-state index is -5.06. The van der Waals surface area contributed by atoms with E-state index in [1.165, 1.54) is 38.5 Å². The number of methoxy groups -OCH3 is 2. The van der Waals surface area contributed by atoms with Crippen molar-refractivity contribution in [3.05, 3.63) is 71.3 Å². The van der Waals surface area contributed by atoms with Crippen LogP contribution in [-0.4, -0.2) is 149 Å². The second-order valence-electron chi connectivity index (χ2n) is 19.3. The number of nitrogens with one attached hydrogen (secondary N) is 4. The van der Waals surface area contributed by atoms with Gasteiger partial charge in [-0.15, -0.1) is 0 Å². The quantitative estimate of drug-likeness (QED) is 0.112. The maximum Gasteiger partial charge on any atom is 0.471 e. The lowest BCUT2D eigenvalue weighted by atomic mass is 9.91. The van der Waals surface area contributed by atoms with Gasteiger partial charge in [0.1, 0.15) is 12.1 Å². The van der Waals surface area contributed by atoms with Crippen LogP contribution in [-0.2, 0) is 67.0 Å². The fraction of sp³-hybridized carbons (Fsp3) is 0.633. The molecule has 70 heavy (non-hydrogen) atoms. The van der Waals surface area contributed by atoms with Crippen molar-refractivity contribution in [2.45, 2.75) is 135 Å². The van der Waals surface area contributed by atoms with E-state index in [1.54, 1.807) is 59.4 Å². The van der Waals surface area contributed by atoms with E-state index in [-0.39, 0.29) is 59.4 Å². The van der Waals surface area contributed by atoms with Crippen molar-refractivity contribution < 1.29 is 59.8 Å². The Kier molecular flexibility index (Phi) is 22.3. The van der Waals surface area contributed by atoms with Crippen LogP contribution in [0.4, 0.5) is 13.2 Å². The molecule has 1 unspecified atom stereocenters. The molecule has 0 aliphatic carbocycles. The monoisotopic (exact) mass is 1010 g/mol. The molecule has 17 nitrogen and oxygen atoms in total. The summed E-state index contributed by atoms with van der Waals surface area (Å²) in [6, 6.07) is 10.1. The summed E-state index contributed by atoms with van der Waals surface area (Å²) in [5.41, 5.74) is 1.09. The zero-order valence-electron chi connectivity index (χ0n) is 42.5. The highest BCUT2D eigenvalue weighted by Gasteiger charge is 2.44. The standard InChI is InChI=1S/C49H74F3N7O10S/c1-29(2)40(55-46(63)42(31(5)6)57(8)9)47(64)58(10)41(30(3)4)38(68-11)26-39(60)59-24-16-19-37(59)43(69-12)32(7)44(61)54-36(25-33-17-14-13-15-18-33)45(62)56-70(66,67)28-35-22-20-34(21-23-35)27-53-48(65)49(50,51)52/h13-15,17-18,20-23,29-32,36-38,40-43H,16,19,24-28H2,1-12H3,(H,53,65)(H,54,61)(H,55,63)(H,56,62)/t32-,36+,37+,38-,40+,41+,42?,43-/m1/s1. The molecule has 392 valence electrons. The van der Waals surface area contributed by atoms with Crippen LogP contribution in [0.15, 0.2) is 54.6 Å². The fourth-order valence-electron chi connectivity index (χ4n) is 9.18. The molecule has 6 amide bonds. The number of alkyl halides is 3. The van der Waals surface area contributed by atoms with Crippen molar-refractivity contribution in [1.29, 1.82) is 0 Å². The van der Waals surface area contributed by atoms with Gasteiger partial charge in [0.25, 0.3) is 5.91 Å². The van der Waals surface area contributed by atoms with Crippen LogP contribution in [0.1, 0.15) is 84.4 Å².